The van der Waals surface area contributed by atoms with Gasteiger partial charge in [0.2, 0.25) is 5.91 Å². The second-order valence-electron chi connectivity index (χ2n) is 5.78. The van der Waals surface area contributed by atoms with Crippen molar-refractivity contribution in [1.82, 2.24) is 4.90 Å². The van der Waals surface area contributed by atoms with Gasteiger partial charge in [-0.05, 0) is 46.2 Å². The molecule has 0 aliphatic heterocycles. The van der Waals surface area contributed by atoms with Crippen LogP contribution in [-0.4, -0.2) is 17.4 Å². The van der Waals surface area contributed by atoms with Crippen molar-refractivity contribution in [3.8, 4) is 0 Å². The number of carbonyl (C=O) groups excluding carboxylic acids is 1. The average molecular weight is 433 g/mol. The Hall–Kier alpha value is -1.62. The Kier molecular flexibility index (Phi) is 8.02. The predicted molar refractivity (Wildman–Crippen MR) is 110 cm³/mol. The lowest BCUT2D eigenvalue weighted by Crippen LogP contribution is -2.31. The minimum Gasteiger partial charge on any atom is -0.338 e. The summed E-state index contributed by atoms with van der Waals surface area (Å²) in [4.78, 5) is 14.6. The molecule has 3 heteroatoms. The Labute approximate surface area is 158 Å². The fourth-order valence-corrected chi connectivity index (χ4v) is 3.02. The molecule has 0 spiro atoms. The summed E-state index contributed by atoms with van der Waals surface area (Å²) in [6.45, 7) is 3.67. The van der Waals surface area contributed by atoms with Crippen molar-refractivity contribution < 1.29 is 4.79 Å². The number of halogens is 1. The monoisotopic (exact) mass is 433 g/mol. The molecule has 0 N–H and O–H groups in total. The number of carbonyl (C=O) groups is 1. The van der Waals surface area contributed by atoms with Crippen molar-refractivity contribution in [2.75, 3.05) is 6.54 Å². The summed E-state index contributed by atoms with van der Waals surface area (Å²) in [5, 5.41) is 0. The molecule has 1 amide bonds. The van der Waals surface area contributed by atoms with Gasteiger partial charge < -0.3 is 4.90 Å². The molecular formula is C21H24INO. The summed E-state index contributed by atoms with van der Waals surface area (Å²) < 4.78 is 1.21. The van der Waals surface area contributed by atoms with Crippen molar-refractivity contribution >= 4 is 34.6 Å². The number of nitrogens with zero attached hydrogens (tertiary/aromatic N) is 1. The zero-order valence-electron chi connectivity index (χ0n) is 14.1. The summed E-state index contributed by atoms with van der Waals surface area (Å²) >= 11 is 2.34. The second kappa shape index (κ2) is 10.3. The van der Waals surface area contributed by atoms with Gasteiger partial charge in [-0.3, -0.25) is 4.79 Å². The van der Waals surface area contributed by atoms with Crippen LogP contribution in [0.4, 0.5) is 0 Å². The molecule has 2 rings (SSSR count). The van der Waals surface area contributed by atoms with Crippen LogP contribution < -0.4 is 0 Å². The quantitative estimate of drug-likeness (QED) is 0.502. The van der Waals surface area contributed by atoms with Crippen LogP contribution in [0.3, 0.4) is 0 Å². The predicted octanol–water partition coefficient (Wildman–Crippen LogP) is 5.52. The van der Waals surface area contributed by atoms with Gasteiger partial charge >= 0.3 is 0 Å². The molecule has 2 nitrogen and oxygen atoms in total. The summed E-state index contributed by atoms with van der Waals surface area (Å²) in [6.07, 6.45) is 6.56. The zero-order valence-corrected chi connectivity index (χ0v) is 16.3. The SMILES string of the molecule is CCCCN(Cc1ccccc1I)C(=O)C/C=C/c1ccccc1. The summed E-state index contributed by atoms with van der Waals surface area (Å²) in [5.74, 6) is 0.190. The van der Waals surface area contributed by atoms with Gasteiger partial charge in [-0.1, -0.05) is 74.0 Å². The van der Waals surface area contributed by atoms with Gasteiger partial charge in [-0.25, -0.2) is 0 Å². The van der Waals surface area contributed by atoms with E-state index in [2.05, 4.69) is 41.6 Å². The van der Waals surface area contributed by atoms with Crippen LogP contribution in [0.2, 0.25) is 0 Å². The fourth-order valence-electron chi connectivity index (χ4n) is 2.46. The maximum atomic E-state index is 12.6. The Morgan fingerprint density at radius 2 is 1.79 bits per heavy atom. The van der Waals surface area contributed by atoms with Crippen LogP contribution in [-0.2, 0) is 11.3 Å². The Morgan fingerprint density at radius 3 is 2.50 bits per heavy atom. The van der Waals surface area contributed by atoms with Gasteiger partial charge in [0, 0.05) is 23.1 Å². The van der Waals surface area contributed by atoms with Crippen molar-refractivity contribution in [3.05, 3.63) is 75.4 Å². The molecule has 0 aliphatic carbocycles. The molecule has 0 saturated carbocycles. The lowest BCUT2D eigenvalue weighted by atomic mass is 10.1. The minimum absolute atomic E-state index is 0.190. The number of hydrogen-bond donors (Lipinski definition) is 0. The lowest BCUT2D eigenvalue weighted by molar-refractivity contribution is -0.131. The molecule has 0 heterocycles. The fraction of sp³-hybridized carbons (Fsp3) is 0.286. The zero-order chi connectivity index (χ0) is 17.2. The molecule has 0 unspecified atom stereocenters. The Morgan fingerprint density at radius 1 is 1.08 bits per heavy atom. The van der Waals surface area contributed by atoms with Gasteiger partial charge in [0.05, 0.1) is 0 Å². The molecule has 0 atom stereocenters. The van der Waals surface area contributed by atoms with E-state index in [1.165, 1.54) is 9.13 Å². The lowest BCUT2D eigenvalue weighted by Gasteiger charge is -2.23. The van der Waals surface area contributed by atoms with Crippen molar-refractivity contribution in [1.29, 1.82) is 0 Å². The van der Waals surface area contributed by atoms with Gasteiger partial charge in [0.1, 0.15) is 0 Å². The van der Waals surface area contributed by atoms with Gasteiger partial charge in [0.25, 0.3) is 0 Å². The highest BCUT2D eigenvalue weighted by Crippen LogP contribution is 2.15. The normalized spacial score (nSPS) is 10.9. The van der Waals surface area contributed by atoms with Crippen molar-refractivity contribution in [3.63, 3.8) is 0 Å². The van der Waals surface area contributed by atoms with Gasteiger partial charge in [-0.2, -0.15) is 0 Å². The van der Waals surface area contributed by atoms with E-state index in [1.54, 1.807) is 0 Å². The topological polar surface area (TPSA) is 20.3 Å². The third-order valence-electron chi connectivity index (χ3n) is 3.86. The van der Waals surface area contributed by atoms with E-state index in [9.17, 15) is 4.79 Å². The standard InChI is InChI=1S/C21H24INO/c1-2-3-16-23(17-19-13-7-8-14-20(19)22)21(24)15-9-12-18-10-5-4-6-11-18/h4-14H,2-3,15-17H2,1H3/b12-9+. The van der Waals surface area contributed by atoms with E-state index in [0.717, 1.165) is 24.9 Å². The highest BCUT2D eigenvalue weighted by atomic mass is 127. The first-order valence-electron chi connectivity index (χ1n) is 8.43. The molecule has 2 aromatic carbocycles. The number of hydrogen-bond acceptors (Lipinski definition) is 1. The van der Waals surface area contributed by atoms with E-state index in [-0.39, 0.29) is 5.91 Å². The second-order valence-corrected chi connectivity index (χ2v) is 6.94. The van der Waals surface area contributed by atoms with E-state index < -0.39 is 0 Å². The number of unbranched alkanes of at least 4 members (excludes halogenated alkanes) is 1. The Bertz CT molecular complexity index is 667. The molecule has 126 valence electrons. The van der Waals surface area contributed by atoms with Crippen LogP contribution in [0.1, 0.15) is 37.3 Å². The van der Waals surface area contributed by atoms with Crippen LogP contribution in [0.25, 0.3) is 6.08 Å². The molecule has 0 bridgehead atoms. The van der Waals surface area contributed by atoms with E-state index >= 15 is 0 Å². The maximum Gasteiger partial charge on any atom is 0.226 e. The van der Waals surface area contributed by atoms with Crippen LogP contribution in [0.15, 0.2) is 60.7 Å². The number of amides is 1. The van der Waals surface area contributed by atoms with E-state index in [1.807, 2.05) is 59.5 Å². The first kappa shape index (κ1) is 18.7. The van der Waals surface area contributed by atoms with Crippen LogP contribution >= 0.6 is 22.6 Å². The summed E-state index contributed by atoms with van der Waals surface area (Å²) in [5.41, 5.74) is 2.35. The molecule has 0 fully saturated rings. The molecule has 0 saturated heterocycles. The van der Waals surface area contributed by atoms with Gasteiger partial charge in [-0.15, -0.1) is 0 Å². The molecule has 24 heavy (non-hydrogen) atoms. The maximum absolute atomic E-state index is 12.6. The van der Waals surface area contributed by atoms with E-state index in [4.69, 9.17) is 0 Å². The minimum atomic E-state index is 0.190. The average Bonchev–Trinajstić information content (AvgIpc) is 2.61. The highest BCUT2D eigenvalue weighted by Gasteiger charge is 2.13. The van der Waals surface area contributed by atoms with Crippen molar-refractivity contribution in [2.45, 2.75) is 32.7 Å². The molecule has 2 aromatic rings. The molecular weight excluding hydrogens is 409 g/mol. The third-order valence-corrected chi connectivity index (χ3v) is 4.91. The largest absolute Gasteiger partial charge is 0.338 e. The highest BCUT2D eigenvalue weighted by molar-refractivity contribution is 14.1. The first-order chi connectivity index (χ1) is 11.7. The Balaban J connectivity index is 1.99. The summed E-state index contributed by atoms with van der Waals surface area (Å²) in [7, 11) is 0. The van der Waals surface area contributed by atoms with Crippen LogP contribution in [0.5, 0.6) is 0 Å². The number of benzene rings is 2. The molecule has 0 aliphatic rings. The first-order valence-corrected chi connectivity index (χ1v) is 9.51. The molecule has 0 radical (unpaired) electrons. The molecule has 0 aromatic heterocycles. The van der Waals surface area contributed by atoms with Crippen molar-refractivity contribution in [2.24, 2.45) is 0 Å². The van der Waals surface area contributed by atoms with E-state index in [0.29, 0.717) is 13.0 Å². The smallest absolute Gasteiger partial charge is 0.226 e. The third kappa shape index (κ3) is 6.11. The number of rotatable bonds is 8. The van der Waals surface area contributed by atoms with Crippen LogP contribution in [0, 0.1) is 3.57 Å². The summed E-state index contributed by atoms with van der Waals surface area (Å²) in [6, 6.07) is 18.4. The van der Waals surface area contributed by atoms with Gasteiger partial charge in [0.15, 0.2) is 0 Å².